The lowest BCUT2D eigenvalue weighted by Gasteiger charge is -2.23. The van der Waals surface area contributed by atoms with Gasteiger partial charge in [-0.1, -0.05) is 13.8 Å². The maximum Gasteiger partial charge on any atom is 0.161 e. The van der Waals surface area contributed by atoms with Crippen molar-refractivity contribution in [2.45, 2.75) is 45.6 Å². The zero-order chi connectivity index (χ0) is 13.9. The van der Waals surface area contributed by atoms with Crippen LogP contribution in [0.1, 0.15) is 44.7 Å². The summed E-state index contributed by atoms with van der Waals surface area (Å²) < 4.78 is 10.7. The summed E-state index contributed by atoms with van der Waals surface area (Å²) in [5.74, 6) is 1.98. The van der Waals surface area contributed by atoms with Crippen molar-refractivity contribution >= 4 is 0 Å². The topological polar surface area (TPSA) is 44.5 Å². The fourth-order valence-corrected chi connectivity index (χ4v) is 2.12. The van der Waals surface area contributed by atoms with E-state index in [-0.39, 0.29) is 5.54 Å². The van der Waals surface area contributed by atoms with E-state index in [9.17, 15) is 0 Å². The van der Waals surface area contributed by atoms with Crippen LogP contribution in [0.3, 0.4) is 0 Å². The van der Waals surface area contributed by atoms with Gasteiger partial charge in [0.15, 0.2) is 11.5 Å². The van der Waals surface area contributed by atoms with Crippen LogP contribution in [0.5, 0.6) is 11.5 Å². The molecular formula is C15H25NO2. The van der Waals surface area contributed by atoms with Gasteiger partial charge < -0.3 is 15.2 Å². The molecule has 1 aromatic rings. The maximum atomic E-state index is 6.13. The van der Waals surface area contributed by atoms with Crippen LogP contribution >= 0.6 is 0 Å². The Hall–Kier alpha value is -1.22. The molecule has 0 amide bonds. The fraction of sp³-hybridized carbons (Fsp3) is 0.600. The molecule has 0 atom stereocenters. The van der Waals surface area contributed by atoms with Crippen molar-refractivity contribution in [3.05, 3.63) is 23.3 Å². The van der Waals surface area contributed by atoms with Gasteiger partial charge >= 0.3 is 0 Å². The molecule has 18 heavy (non-hydrogen) atoms. The zero-order valence-corrected chi connectivity index (χ0v) is 12.3. The molecule has 0 spiro atoms. The van der Waals surface area contributed by atoms with E-state index in [1.807, 2.05) is 19.9 Å². The molecule has 0 aliphatic carbocycles. The van der Waals surface area contributed by atoms with Crippen molar-refractivity contribution in [1.82, 2.24) is 0 Å². The van der Waals surface area contributed by atoms with Gasteiger partial charge in [0.1, 0.15) is 0 Å². The van der Waals surface area contributed by atoms with E-state index in [2.05, 4.69) is 19.9 Å². The van der Waals surface area contributed by atoms with Crippen LogP contribution < -0.4 is 15.2 Å². The van der Waals surface area contributed by atoms with Gasteiger partial charge in [0, 0.05) is 5.54 Å². The lowest BCUT2D eigenvalue weighted by molar-refractivity contribution is 0.353. The largest absolute Gasteiger partial charge is 0.493 e. The summed E-state index contributed by atoms with van der Waals surface area (Å²) in [7, 11) is 3.32. The van der Waals surface area contributed by atoms with E-state index in [0.717, 1.165) is 17.9 Å². The van der Waals surface area contributed by atoms with Crippen LogP contribution in [0.25, 0.3) is 0 Å². The number of benzene rings is 1. The molecule has 3 heteroatoms. The van der Waals surface area contributed by atoms with E-state index in [4.69, 9.17) is 15.2 Å². The maximum absolute atomic E-state index is 6.13. The molecule has 0 saturated heterocycles. The van der Waals surface area contributed by atoms with E-state index < -0.39 is 0 Å². The second kappa shape index (κ2) is 5.61. The van der Waals surface area contributed by atoms with E-state index in [0.29, 0.717) is 5.92 Å². The summed E-state index contributed by atoms with van der Waals surface area (Å²) in [5.41, 5.74) is 8.39. The lowest BCUT2D eigenvalue weighted by Crippen LogP contribution is -2.34. The number of methoxy groups -OCH3 is 2. The minimum absolute atomic E-state index is 0.233. The van der Waals surface area contributed by atoms with Gasteiger partial charge in [-0.25, -0.2) is 0 Å². The Morgan fingerprint density at radius 3 is 2.00 bits per heavy atom. The van der Waals surface area contributed by atoms with Crippen molar-refractivity contribution in [2.24, 2.45) is 5.73 Å². The summed E-state index contributed by atoms with van der Waals surface area (Å²) in [6.07, 6.45) is 0.820. The molecule has 0 heterocycles. The van der Waals surface area contributed by atoms with Crippen molar-refractivity contribution < 1.29 is 9.47 Å². The van der Waals surface area contributed by atoms with Crippen LogP contribution in [0.4, 0.5) is 0 Å². The molecule has 3 nitrogen and oxygen atoms in total. The number of nitrogens with two attached hydrogens (primary N) is 1. The van der Waals surface area contributed by atoms with Crippen molar-refractivity contribution in [1.29, 1.82) is 0 Å². The van der Waals surface area contributed by atoms with Crippen molar-refractivity contribution in [3.63, 3.8) is 0 Å². The fourth-order valence-electron chi connectivity index (χ4n) is 2.12. The van der Waals surface area contributed by atoms with Crippen LogP contribution in [0.15, 0.2) is 12.1 Å². The zero-order valence-electron chi connectivity index (χ0n) is 12.3. The van der Waals surface area contributed by atoms with Crippen molar-refractivity contribution in [3.8, 4) is 11.5 Å². The van der Waals surface area contributed by atoms with Gasteiger partial charge in [0.05, 0.1) is 14.2 Å². The second-order valence-corrected chi connectivity index (χ2v) is 5.73. The highest BCUT2D eigenvalue weighted by Crippen LogP contribution is 2.34. The summed E-state index contributed by atoms with van der Waals surface area (Å²) in [5, 5.41) is 0. The van der Waals surface area contributed by atoms with Gasteiger partial charge in [-0.15, -0.1) is 0 Å². The van der Waals surface area contributed by atoms with Gasteiger partial charge in [0.25, 0.3) is 0 Å². The number of hydrogen-bond acceptors (Lipinski definition) is 3. The Morgan fingerprint density at radius 1 is 1.11 bits per heavy atom. The molecule has 0 aliphatic heterocycles. The number of hydrogen-bond donors (Lipinski definition) is 1. The highest BCUT2D eigenvalue weighted by molar-refractivity contribution is 5.49. The molecule has 2 N–H and O–H groups in total. The summed E-state index contributed by atoms with van der Waals surface area (Å²) in [6.45, 7) is 8.42. The highest BCUT2D eigenvalue weighted by atomic mass is 16.5. The van der Waals surface area contributed by atoms with Gasteiger partial charge in [-0.3, -0.25) is 0 Å². The third-order valence-corrected chi connectivity index (χ3v) is 2.91. The Balaban J connectivity index is 3.29. The van der Waals surface area contributed by atoms with Gasteiger partial charge in [-0.05, 0) is 49.4 Å². The molecule has 1 rings (SSSR count). The third-order valence-electron chi connectivity index (χ3n) is 2.91. The molecule has 0 radical (unpaired) electrons. The summed E-state index contributed by atoms with van der Waals surface area (Å²) in [4.78, 5) is 0. The average Bonchev–Trinajstić information content (AvgIpc) is 2.25. The van der Waals surface area contributed by atoms with Gasteiger partial charge in [0.2, 0.25) is 0 Å². The Labute approximate surface area is 110 Å². The average molecular weight is 251 g/mol. The first-order valence-corrected chi connectivity index (χ1v) is 6.32. The normalized spacial score (nSPS) is 11.8. The first-order valence-electron chi connectivity index (χ1n) is 6.32. The second-order valence-electron chi connectivity index (χ2n) is 5.73. The first kappa shape index (κ1) is 14.8. The standard InChI is InChI=1S/C15H25NO2/c1-10(2)12-8-14(18-6)13(17-5)7-11(12)9-15(3,4)16/h7-8,10H,9,16H2,1-6H3. The van der Waals surface area contributed by atoms with Crippen LogP contribution in [0.2, 0.25) is 0 Å². The SMILES string of the molecule is COc1cc(CC(C)(C)N)c(C(C)C)cc1OC. The van der Waals surface area contributed by atoms with Crippen LogP contribution in [-0.2, 0) is 6.42 Å². The number of rotatable bonds is 5. The predicted octanol–water partition coefficient (Wildman–Crippen LogP) is 3.11. The summed E-state index contributed by atoms with van der Waals surface area (Å²) >= 11 is 0. The van der Waals surface area contributed by atoms with Crippen LogP contribution in [0, 0.1) is 0 Å². The first-order chi connectivity index (χ1) is 8.28. The Bertz CT molecular complexity index is 406. The van der Waals surface area contributed by atoms with E-state index in [1.165, 1.54) is 11.1 Å². The monoisotopic (exact) mass is 251 g/mol. The smallest absolute Gasteiger partial charge is 0.161 e. The minimum atomic E-state index is -0.233. The number of ether oxygens (including phenoxy) is 2. The lowest BCUT2D eigenvalue weighted by atomic mass is 9.88. The molecule has 0 unspecified atom stereocenters. The minimum Gasteiger partial charge on any atom is -0.493 e. The molecule has 0 aromatic heterocycles. The van der Waals surface area contributed by atoms with E-state index in [1.54, 1.807) is 14.2 Å². The molecule has 0 saturated carbocycles. The molecule has 102 valence electrons. The molecule has 0 aliphatic rings. The Morgan fingerprint density at radius 2 is 1.61 bits per heavy atom. The molecule has 1 aromatic carbocycles. The molecule has 0 fully saturated rings. The third kappa shape index (κ3) is 3.64. The summed E-state index contributed by atoms with van der Waals surface area (Å²) in [6, 6.07) is 4.10. The highest BCUT2D eigenvalue weighted by Gasteiger charge is 2.19. The van der Waals surface area contributed by atoms with E-state index >= 15 is 0 Å². The predicted molar refractivity (Wildman–Crippen MR) is 75.6 cm³/mol. The van der Waals surface area contributed by atoms with Crippen LogP contribution in [-0.4, -0.2) is 19.8 Å². The molecule has 0 bridgehead atoms. The molecular weight excluding hydrogens is 226 g/mol. The Kier molecular flexibility index (Phi) is 4.63. The van der Waals surface area contributed by atoms with Gasteiger partial charge in [-0.2, -0.15) is 0 Å². The quantitative estimate of drug-likeness (QED) is 0.874. The van der Waals surface area contributed by atoms with Crippen molar-refractivity contribution in [2.75, 3.05) is 14.2 Å².